The lowest BCUT2D eigenvalue weighted by Crippen LogP contribution is -2.45. The molecule has 7 nitrogen and oxygen atoms in total. The molecular weight excluding hydrogens is 400 g/mol. The molecule has 1 amide bonds. The van der Waals surface area contributed by atoms with Crippen LogP contribution in [0.4, 0.5) is 5.95 Å². The molecule has 1 saturated carbocycles. The summed E-state index contributed by atoms with van der Waals surface area (Å²) in [4.78, 5) is 17.2. The van der Waals surface area contributed by atoms with E-state index in [9.17, 15) is 4.79 Å². The topological polar surface area (TPSA) is 67.2 Å². The van der Waals surface area contributed by atoms with Gasteiger partial charge in [-0.25, -0.2) is 0 Å². The lowest BCUT2D eigenvalue weighted by atomic mass is 9.94. The van der Waals surface area contributed by atoms with Crippen LogP contribution in [0.1, 0.15) is 49.3 Å². The molecule has 1 aliphatic carbocycles. The van der Waals surface area contributed by atoms with E-state index in [1.165, 1.54) is 19.3 Å². The van der Waals surface area contributed by atoms with Gasteiger partial charge >= 0.3 is 0 Å². The number of anilines is 1. The number of aromatic nitrogens is 4. The Balaban J connectivity index is 1.51. The minimum Gasteiger partial charge on any atom is -0.341 e. The molecule has 2 aromatic carbocycles. The van der Waals surface area contributed by atoms with Crippen molar-refractivity contribution in [3.05, 3.63) is 77.9 Å². The van der Waals surface area contributed by atoms with E-state index in [4.69, 9.17) is 0 Å². The van der Waals surface area contributed by atoms with Crippen molar-refractivity contribution in [1.29, 1.82) is 0 Å². The monoisotopic (exact) mass is 428 g/mol. The maximum absolute atomic E-state index is 13.3. The quantitative estimate of drug-likeness (QED) is 0.616. The molecule has 0 saturated heterocycles. The number of allylic oxidation sites excluding steroid dienone is 1. The Morgan fingerprint density at radius 1 is 1.00 bits per heavy atom. The number of fused-ring (bicyclic) bond motifs is 1. The molecule has 2 aliphatic rings. The number of tetrazole rings is 1. The Kier molecular flexibility index (Phi) is 5.71. The van der Waals surface area contributed by atoms with Crippen molar-refractivity contribution in [1.82, 2.24) is 25.1 Å². The fraction of sp³-hybridized carbons (Fsp3) is 0.360. The lowest BCUT2D eigenvalue weighted by Gasteiger charge is -2.36. The molecule has 2 heterocycles. The second-order valence-electron chi connectivity index (χ2n) is 8.58. The van der Waals surface area contributed by atoms with E-state index in [2.05, 4.69) is 45.9 Å². The summed E-state index contributed by atoms with van der Waals surface area (Å²) in [6.45, 7) is 0.204. The predicted molar refractivity (Wildman–Crippen MR) is 124 cm³/mol. The first-order valence-electron chi connectivity index (χ1n) is 11.4. The van der Waals surface area contributed by atoms with Crippen LogP contribution in [0.3, 0.4) is 0 Å². The fourth-order valence-corrected chi connectivity index (χ4v) is 4.79. The van der Waals surface area contributed by atoms with E-state index < -0.39 is 0 Å². The van der Waals surface area contributed by atoms with Gasteiger partial charge in [0.1, 0.15) is 12.6 Å². The molecule has 0 bridgehead atoms. The second kappa shape index (κ2) is 8.94. The van der Waals surface area contributed by atoms with Gasteiger partial charge in [-0.1, -0.05) is 85.0 Å². The maximum atomic E-state index is 13.3. The van der Waals surface area contributed by atoms with Crippen LogP contribution in [0.25, 0.3) is 5.70 Å². The highest BCUT2D eigenvalue weighted by Crippen LogP contribution is 2.36. The summed E-state index contributed by atoms with van der Waals surface area (Å²) >= 11 is 0. The molecule has 3 aromatic rings. The molecule has 0 N–H and O–H groups in total. The average Bonchev–Trinajstić information content (AvgIpc) is 3.35. The van der Waals surface area contributed by atoms with E-state index in [-0.39, 0.29) is 18.5 Å². The first-order valence-corrected chi connectivity index (χ1v) is 11.4. The highest BCUT2D eigenvalue weighted by molar-refractivity contribution is 5.89. The Hall–Kier alpha value is -3.48. The van der Waals surface area contributed by atoms with Crippen LogP contribution in [-0.2, 0) is 4.79 Å². The second-order valence-corrected chi connectivity index (χ2v) is 8.58. The van der Waals surface area contributed by atoms with Gasteiger partial charge in [0.05, 0.1) is 5.70 Å². The van der Waals surface area contributed by atoms with E-state index in [1.54, 1.807) is 4.68 Å². The normalized spacial score (nSPS) is 18.7. The van der Waals surface area contributed by atoms with Crippen LogP contribution >= 0.6 is 0 Å². The van der Waals surface area contributed by atoms with Gasteiger partial charge in [-0.05, 0) is 40.5 Å². The van der Waals surface area contributed by atoms with E-state index >= 15 is 0 Å². The van der Waals surface area contributed by atoms with Crippen molar-refractivity contribution in [2.75, 3.05) is 18.5 Å². The summed E-state index contributed by atoms with van der Waals surface area (Å²) in [6.07, 6.45) is 7.97. The van der Waals surface area contributed by atoms with Crippen molar-refractivity contribution >= 4 is 17.6 Å². The average molecular weight is 429 g/mol. The van der Waals surface area contributed by atoms with E-state index in [0.717, 1.165) is 29.7 Å². The number of amides is 1. The van der Waals surface area contributed by atoms with Crippen molar-refractivity contribution in [3.8, 4) is 0 Å². The Morgan fingerprint density at radius 2 is 1.69 bits per heavy atom. The highest BCUT2D eigenvalue weighted by Gasteiger charge is 2.33. The molecule has 1 atom stereocenters. The number of likely N-dealkylation sites (N-methyl/N-ethyl adjacent to an activating group) is 1. The third-order valence-electron chi connectivity index (χ3n) is 6.61. The molecule has 7 heteroatoms. The fourth-order valence-electron chi connectivity index (χ4n) is 4.79. The summed E-state index contributed by atoms with van der Waals surface area (Å²) < 4.78 is 1.80. The van der Waals surface area contributed by atoms with Crippen LogP contribution in [0, 0.1) is 0 Å². The van der Waals surface area contributed by atoms with E-state index in [0.29, 0.717) is 12.0 Å². The van der Waals surface area contributed by atoms with Gasteiger partial charge < -0.3 is 4.90 Å². The standard InChI is InChI=1S/C25H28N6O/c1-29(21-15-9-4-10-16-21)24(32)18-30-22(19-11-5-2-6-12-19)17-23(20-13-7-3-8-14-20)31-25(30)26-27-28-31/h2-3,5-8,11-14,17,21,23H,4,9-10,15-16,18H2,1H3/t23-/m1/s1. The van der Waals surface area contributed by atoms with Crippen LogP contribution in [0.2, 0.25) is 0 Å². The summed E-state index contributed by atoms with van der Waals surface area (Å²) in [7, 11) is 1.93. The minimum absolute atomic E-state index is 0.0893. The highest BCUT2D eigenvalue weighted by atomic mass is 16.2. The first-order chi connectivity index (χ1) is 15.7. The zero-order chi connectivity index (χ0) is 21.9. The molecule has 32 heavy (non-hydrogen) atoms. The molecule has 1 aromatic heterocycles. The van der Waals surface area contributed by atoms with Crippen LogP contribution < -0.4 is 4.90 Å². The molecule has 0 spiro atoms. The maximum Gasteiger partial charge on any atom is 0.251 e. The van der Waals surface area contributed by atoms with Crippen molar-refractivity contribution in [2.45, 2.75) is 44.2 Å². The van der Waals surface area contributed by atoms with Gasteiger partial charge in [0.15, 0.2) is 0 Å². The smallest absolute Gasteiger partial charge is 0.251 e. The van der Waals surface area contributed by atoms with Gasteiger partial charge in [0.2, 0.25) is 5.91 Å². The summed E-state index contributed by atoms with van der Waals surface area (Å²) in [5.74, 6) is 0.678. The Bertz CT molecular complexity index is 1090. The molecule has 0 unspecified atom stereocenters. The van der Waals surface area contributed by atoms with Crippen LogP contribution in [0.15, 0.2) is 66.7 Å². The number of carbonyl (C=O) groups excluding carboxylic acids is 1. The number of carbonyl (C=O) groups is 1. The van der Waals surface area contributed by atoms with Gasteiger partial charge in [-0.15, -0.1) is 0 Å². The van der Waals surface area contributed by atoms with Crippen molar-refractivity contribution in [2.24, 2.45) is 0 Å². The number of nitrogens with zero attached hydrogens (tertiary/aromatic N) is 6. The lowest BCUT2D eigenvalue weighted by molar-refractivity contribution is -0.130. The van der Waals surface area contributed by atoms with Crippen molar-refractivity contribution < 1.29 is 4.79 Å². The zero-order valence-electron chi connectivity index (χ0n) is 18.3. The molecular formula is C25H28N6O. The third kappa shape index (κ3) is 3.90. The molecule has 1 aliphatic heterocycles. The molecule has 5 rings (SSSR count). The van der Waals surface area contributed by atoms with Gasteiger partial charge in [0, 0.05) is 13.1 Å². The molecule has 0 radical (unpaired) electrons. The summed E-state index contributed by atoms with van der Waals surface area (Å²) in [5.41, 5.74) is 3.09. The zero-order valence-corrected chi connectivity index (χ0v) is 18.3. The third-order valence-corrected chi connectivity index (χ3v) is 6.61. The summed E-state index contributed by atoms with van der Waals surface area (Å²) in [6, 6.07) is 20.5. The number of rotatable bonds is 5. The number of benzene rings is 2. The minimum atomic E-state index is -0.140. The van der Waals surface area contributed by atoms with Crippen molar-refractivity contribution in [3.63, 3.8) is 0 Å². The van der Waals surface area contributed by atoms with Gasteiger partial charge in [-0.3, -0.25) is 9.69 Å². The summed E-state index contributed by atoms with van der Waals surface area (Å²) in [5, 5.41) is 12.6. The van der Waals surface area contributed by atoms with E-state index in [1.807, 2.05) is 53.2 Å². The number of hydrogen-bond acceptors (Lipinski definition) is 5. The Labute approximate surface area is 188 Å². The van der Waals surface area contributed by atoms with Gasteiger partial charge in [0.25, 0.3) is 5.95 Å². The van der Waals surface area contributed by atoms with Crippen LogP contribution in [0.5, 0.6) is 0 Å². The number of hydrogen-bond donors (Lipinski definition) is 0. The van der Waals surface area contributed by atoms with Gasteiger partial charge in [-0.2, -0.15) is 4.68 Å². The SMILES string of the molecule is CN(C(=O)CN1C(c2ccccc2)=C[C@H](c2ccccc2)n2nnnc21)C1CCCCC1. The predicted octanol–water partition coefficient (Wildman–Crippen LogP) is 3.91. The Morgan fingerprint density at radius 3 is 2.41 bits per heavy atom. The van der Waals surface area contributed by atoms with Crippen LogP contribution in [-0.4, -0.2) is 50.6 Å². The molecule has 1 fully saturated rings. The largest absolute Gasteiger partial charge is 0.341 e. The first kappa shape index (κ1) is 20.4. The molecule has 164 valence electrons.